The van der Waals surface area contributed by atoms with Crippen molar-refractivity contribution >= 4 is 21.4 Å². The van der Waals surface area contributed by atoms with Crippen molar-refractivity contribution in [2.75, 3.05) is 13.2 Å². The molecule has 0 aliphatic heterocycles. The lowest BCUT2D eigenvalue weighted by molar-refractivity contribution is -0.151. The molecule has 0 fully saturated rings. The highest BCUT2D eigenvalue weighted by Crippen LogP contribution is 2.25. The van der Waals surface area contributed by atoms with Gasteiger partial charge in [-0.3, -0.25) is 0 Å². The third kappa shape index (κ3) is 3.79. The molecule has 2 aromatic rings. The van der Waals surface area contributed by atoms with E-state index in [4.69, 9.17) is 9.47 Å². The molecule has 1 heterocycles. The molecule has 20 heavy (non-hydrogen) atoms. The molecule has 0 saturated heterocycles. The number of hydrogen-bond donors (Lipinski definition) is 1. The molecule has 1 unspecified atom stereocenters. The predicted molar refractivity (Wildman–Crippen MR) is 85.2 cm³/mol. The van der Waals surface area contributed by atoms with Crippen molar-refractivity contribution in [3.05, 3.63) is 35.2 Å². The molecule has 0 radical (unpaired) electrons. The third-order valence-electron chi connectivity index (χ3n) is 3.25. The van der Waals surface area contributed by atoms with Crippen molar-refractivity contribution in [1.82, 2.24) is 5.32 Å². The summed E-state index contributed by atoms with van der Waals surface area (Å²) in [5.74, 6) is 0. The molecular formula is C16H23NO2S. The monoisotopic (exact) mass is 293 g/mol. The lowest BCUT2D eigenvalue weighted by atomic mass is 10.1. The van der Waals surface area contributed by atoms with Gasteiger partial charge in [0.05, 0.1) is 6.04 Å². The maximum atomic E-state index is 5.62. The lowest BCUT2D eigenvalue weighted by Gasteiger charge is -2.24. The average molecular weight is 293 g/mol. The summed E-state index contributed by atoms with van der Waals surface area (Å²) in [5.41, 5.74) is 1.34. The highest BCUT2D eigenvalue weighted by atomic mass is 32.1. The topological polar surface area (TPSA) is 30.5 Å². The molecular weight excluding hydrogens is 270 g/mol. The molecule has 2 rings (SSSR count). The van der Waals surface area contributed by atoms with Crippen LogP contribution in [0.4, 0.5) is 0 Å². The summed E-state index contributed by atoms with van der Waals surface area (Å²) in [6.45, 7) is 8.25. The van der Waals surface area contributed by atoms with E-state index in [-0.39, 0.29) is 12.3 Å². The normalized spacial score (nSPS) is 13.2. The number of benzene rings is 1. The molecule has 1 aromatic heterocycles. The lowest BCUT2D eigenvalue weighted by Crippen LogP contribution is -2.40. The Morgan fingerprint density at radius 2 is 1.85 bits per heavy atom. The Labute approximate surface area is 124 Å². The number of hydrogen-bond acceptors (Lipinski definition) is 4. The van der Waals surface area contributed by atoms with Crippen molar-refractivity contribution in [2.45, 2.75) is 39.6 Å². The molecule has 0 bridgehead atoms. The number of rotatable bonds is 8. The summed E-state index contributed by atoms with van der Waals surface area (Å²) in [5, 5.41) is 7.06. The van der Waals surface area contributed by atoms with Gasteiger partial charge in [-0.15, -0.1) is 11.3 Å². The zero-order valence-electron chi connectivity index (χ0n) is 12.4. The molecule has 1 atom stereocenters. The van der Waals surface area contributed by atoms with Crippen LogP contribution in [0.3, 0.4) is 0 Å². The van der Waals surface area contributed by atoms with Crippen molar-refractivity contribution in [3.63, 3.8) is 0 Å². The second-order valence-electron chi connectivity index (χ2n) is 4.71. The molecule has 4 heteroatoms. The van der Waals surface area contributed by atoms with Gasteiger partial charge in [-0.05, 0) is 43.2 Å². The Kier molecular flexibility index (Phi) is 5.98. The molecule has 0 amide bonds. The third-order valence-corrected chi connectivity index (χ3v) is 4.26. The minimum Gasteiger partial charge on any atom is -0.351 e. The Morgan fingerprint density at radius 3 is 2.55 bits per heavy atom. The fourth-order valence-corrected chi connectivity index (χ4v) is 3.16. The SMILES string of the molecule is CCOC(OCC)C(C)NCc1csc2ccccc12. The predicted octanol–water partition coefficient (Wildman–Crippen LogP) is 3.78. The van der Waals surface area contributed by atoms with Gasteiger partial charge in [-0.1, -0.05) is 18.2 Å². The van der Waals surface area contributed by atoms with Crippen LogP contribution in [-0.4, -0.2) is 25.5 Å². The van der Waals surface area contributed by atoms with Gasteiger partial charge in [0.15, 0.2) is 6.29 Å². The molecule has 0 aliphatic carbocycles. The quantitative estimate of drug-likeness (QED) is 0.751. The van der Waals surface area contributed by atoms with Crippen molar-refractivity contribution in [1.29, 1.82) is 0 Å². The zero-order valence-corrected chi connectivity index (χ0v) is 13.2. The van der Waals surface area contributed by atoms with Crippen molar-refractivity contribution in [3.8, 4) is 0 Å². The molecule has 0 saturated carbocycles. The number of ether oxygens (including phenoxy) is 2. The van der Waals surface area contributed by atoms with Gasteiger partial charge < -0.3 is 14.8 Å². The fourth-order valence-electron chi connectivity index (χ4n) is 2.20. The van der Waals surface area contributed by atoms with Crippen molar-refractivity contribution < 1.29 is 9.47 Å². The maximum Gasteiger partial charge on any atom is 0.172 e. The first-order valence-electron chi connectivity index (χ1n) is 7.18. The first-order chi connectivity index (χ1) is 9.76. The summed E-state index contributed by atoms with van der Waals surface area (Å²) in [7, 11) is 0. The van der Waals surface area contributed by atoms with Crippen LogP contribution in [-0.2, 0) is 16.0 Å². The van der Waals surface area contributed by atoms with Gasteiger partial charge in [0.2, 0.25) is 0 Å². The van der Waals surface area contributed by atoms with E-state index >= 15 is 0 Å². The van der Waals surface area contributed by atoms with Crippen LogP contribution in [0, 0.1) is 0 Å². The van der Waals surface area contributed by atoms with Gasteiger partial charge in [0, 0.05) is 24.5 Å². The van der Waals surface area contributed by atoms with Crippen LogP contribution in [0.2, 0.25) is 0 Å². The molecule has 0 aliphatic rings. The van der Waals surface area contributed by atoms with Crippen LogP contribution < -0.4 is 5.32 Å². The number of thiophene rings is 1. The summed E-state index contributed by atoms with van der Waals surface area (Å²) in [6, 6.07) is 8.67. The second-order valence-corrected chi connectivity index (χ2v) is 5.62. The minimum absolute atomic E-state index is 0.161. The average Bonchev–Trinajstić information content (AvgIpc) is 2.88. The van der Waals surface area contributed by atoms with Crippen LogP contribution in [0.15, 0.2) is 29.6 Å². The van der Waals surface area contributed by atoms with E-state index < -0.39 is 0 Å². The van der Waals surface area contributed by atoms with Crippen LogP contribution in [0.25, 0.3) is 10.1 Å². The van der Waals surface area contributed by atoms with Crippen molar-refractivity contribution in [2.24, 2.45) is 0 Å². The van der Waals surface area contributed by atoms with Crippen LogP contribution >= 0.6 is 11.3 Å². The zero-order chi connectivity index (χ0) is 14.4. The second kappa shape index (κ2) is 7.74. The van der Waals surface area contributed by atoms with Gasteiger partial charge in [0.1, 0.15) is 0 Å². The summed E-state index contributed by atoms with van der Waals surface area (Å²) in [6.07, 6.45) is -0.185. The van der Waals surface area contributed by atoms with Gasteiger partial charge in [0.25, 0.3) is 0 Å². The first-order valence-corrected chi connectivity index (χ1v) is 8.05. The number of nitrogens with one attached hydrogen (secondary N) is 1. The van der Waals surface area contributed by atoms with E-state index in [0.29, 0.717) is 13.2 Å². The smallest absolute Gasteiger partial charge is 0.172 e. The van der Waals surface area contributed by atoms with E-state index in [1.807, 2.05) is 13.8 Å². The molecule has 3 nitrogen and oxygen atoms in total. The first kappa shape index (κ1) is 15.4. The van der Waals surface area contributed by atoms with Crippen LogP contribution in [0.5, 0.6) is 0 Å². The summed E-state index contributed by atoms with van der Waals surface area (Å²) in [4.78, 5) is 0. The molecule has 1 N–H and O–H groups in total. The van der Waals surface area contributed by atoms with E-state index in [1.54, 1.807) is 11.3 Å². The van der Waals surface area contributed by atoms with E-state index in [1.165, 1.54) is 15.6 Å². The summed E-state index contributed by atoms with van der Waals surface area (Å²) < 4.78 is 12.6. The Hall–Kier alpha value is -0.940. The van der Waals surface area contributed by atoms with E-state index in [9.17, 15) is 0 Å². The van der Waals surface area contributed by atoms with Gasteiger partial charge in [-0.2, -0.15) is 0 Å². The van der Waals surface area contributed by atoms with Gasteiger partial charge in [-0.25, -0.2) is 0 Å². The van der Waals surface area contributed by atoms with E-state index in [2.05, 4.69) is 41.9 Å². The number of fused-ring (bicyclic) bond motifs is 1. The molecule has 110 valence electrons. The molecule has 0 spiro atoms. The fraction of sp³-hybridized carbons (Fsp3) is 0.500. The Balaban J connectivity index is 1.96. The standard InChI is InChI=1S/C16H23NO2S/c1-4-18-16(19-5-2)12(3)17-10-13-11-20-15-9-7-6-8-14(13)15/h6-9,11-12,16-17H,4-5,10H2,1-3H3. The highest BCUT2D eigenvalue weighted by Gasteiger charge is 2.17. The highest BCUT2D eigenvalue weighted by molar-refractivity contribution is 7.17. The molecule has 1 aromatic carbocycles. The van der Waals surface area contributed by atoms with Crippen LogP contribution in [0.1, 0.15) is 26.3 Å². The Bertz CT molecular complexity index is 520. The summed E-state index contributed by atoms with van der Waals surface area (Å²) >= 11 is 1.79. The Morgan fingerprint density at radius 1 is 1.15 bits per heavy atom. The van der Waals surface area contributed by atoms with E-state index in [0.717, 1.165) is 6.54 Å². The largest absolute Gasteiger partial charge is 0.351 e. The minimum atomic E-state index is -0.185. The maximum absolute atomic E-state index is 5.62. The van der Waals surface area contributed by atoms with Gasteiger partial charge >= 0.3 is 0 Å².